The minimum absolute atomic E-state index is 0. The van der Waals surface area contributed by atoms with Gasteiger partial charge in [0.2, 0.25) is 0 Å². The van der Waals surface area contributed by atoms with Crippen LogP contribution in [0.25, 0.3) is 0 Å². The molecule has 0 aromatic rings. The van der Waals surface area contributed by atoms with E-state index in [1.807, 2.05) is 6.92 Å². The fourth-order valence-electron chi connectivity index (χ4n) is 0.309. The molecule has 0 amide bonds. The maximum Gasteiger partial charge on any atom is 0.506 e. The zero-order valence-electron chi connectivity index (χ0n) is 6.47. The summed E-state index contributed by atoms with van der Waals surface area (Å²) in [7, 11) is 0. The van der Waals surface area contributed by atoms with E-state index in [4.69, 9.17) is 5.11 Å². The van der Waals surface area contributed by atoms with Crippen molar-refractivity contribution in [3.63, 3.8) is 0 Å². The van der Waals surface area contributed by atoms with E-state index >= 15 is 0 Å². The quantitative estimate of drug-likeness (QED) is 0.597. The van der Waals surface area contributed by atoms with Gasteiger partial charge >= 0.3 is 6.16 Å². The molecule has 0 aromatic heterocycles. The Morgan fingerprint density at radius 3 is 2.10 bits per heavy atom. The maximum atomic E-state index is 9.95. The van der Waals surface area contributed by atoms with E-state index in [-0.39, 0.29) is 5.48 Å². The third-order valence-electron chi connectivity index (χ3n) is 1.22. The predicted octanol–water partition coefficient (Wildman–Crippen LogP) is 1.04. The highest BCUT2D eigenvalue weighted by molar-refractivity contribution is 5.57. The lowest BCUT2D eigenvalue weighted by Gasteiger charge is -2.20. The van der Waals surface area contributed by atoms with Crippen LogP contribution in [-0.2, 0) is 4.74 Å². The molecule has 0 radical (unpaired) electrons. The Balaban J connectivity index is 0. The van der Waals surface area contributed by atoms with Gasteiger partial charge in [-0.05, 0) is 20.3 Å². The first kappa shape index (κ1) is 12.0. The molecule has 10 heavy (non-hydrogen) atoms. The van der Waals surface area contributed by atoms with Gasteiger partial charge in [-0.3, -0.25) is 0 Å². The number of hydrogen-bond donors (Lipinski definition) is 1. The normalized spacial score (nSPS) is 9.90. The van der Waals surface area contributed by atoms with E-state index in [0.29, 0.717) is 6.42 Å². The summed E-state index contributed by atoms with van der Waals surface area (Å²) in [4.78, 5) is 9.95. The number of carbonyl (C=O) groups is 1. The lowest BCUT2D eigenvalue weighted by Crippen LogP contribution is -2.25. The van der Waals surface area contributed by atoms with E-state index in [2.05, 4.69) is 4.74 Å². The maximum absolute atomic E-state index is 9.95. The number of carboxylic acid groups (broad SMARTS) is 1. The molecule has 0 heterocycles. The highest BCUT2D eigenvalue weighted by Gasteiger charge is 2.18. The summed E-state index contributed by atoms with van der Waals surface area (Å²) >= 11 is 0. The molecule has 0 rings (SSSR count). The van der Waals surface area contributed by atoms with E-state index in [0.717, 1.165) is 0 Å². The van der Waals surface area contributed by atoms with Gasteiger partial charge in [-0.1, -0.05) is 6.92 Å². The monoisotopic (exact) mass is 150 g/mol. The molecule has 0 fully saturated rings. The summed E-state index contributed by atoms with van der Waals surface area (Å²) in [5.41, 5.74) is -0.536. The number of ether oxygens (including phenoxy) is 1. The molecule has 0 aliphatic heterocycles. The largest absolute Gasteiger partial charge is 0.506 e. The van der Waals surface area contributed by atoms with Crippen molar-refractivity contribution >= 4 is 6.16 Å². The molecule has 0 unspecified atom stereocenters. The van der Waals surface area contributed by atoms with Gasteiger partial charge in [0.05, 0.1) is 0 Å². The Labute approximate surface area is 60.1 Å². The average molecular weight is 150 g/mol. The first-order chi connectivity index (χ1) is 3.98. The van der Waals surface area contributed by atoms with Gasteiger partial charge in [0, 0.05) is 0 Å². The van der Waals surface area contributed by atoms with E-state index in [1.165, 1.54) is 0 Å². The minimum Gasteiger partial charge on any atom is -0.450 e. The predicted molar refractivity (Wildman–Crippen MR) is 37.1 cm³/mol. The zero-order valence-corrected chi connectivity index (χ0v) is 6.47. The van der Waals surface area contributed by atoms with Crippen molar-refractivity contribution < 1.29 is 20.1 Å². The molecule has 0 aromatic carbocycles. The summed E-state index contributed by atoms with van der Waals surface area (Å²) in [5, 5.41) is 8.16. The first-order valence-electron chi connectivity index (χ1n) is 2.90. The van der Waals surface area contributed by atoms with Gasteiger partial charge in [0.25, 0.3) is 0 Å². The standard InChI is InChI=1S/C6H12O3.H2O/c1-4-6(2,3)9-5(7)8;/h4H2,1-3H3,(H,7,8);1H2. The van der Waals surface area contributed by atoms with E-state index < -0.39 is 11.8 Å². The summed E-state index contributed by atoms with van der Waals surface area (Å²) in [6, 6.07) is 0. The second-order valence-corrected chi connectivity index (χ2v) is 2.48. The van der Waals surface area contributed by atoms with Crippen molar-refractivity contribution in [1.82, 2.24) is 0 Å². The molecule has 0 spiro atoms. The van der Waals surface area contributed by atoms with Crippen LogP contribution >= 0.6 is 0 Å². The fraction of sp³-hybridized carbons (Fsp3) is 0.833. The van der Waals surface area contributed by atoms with Gasteiger partial charge < -0.3 is 15.3 Å². The number of hydrogen-bond acceptors (Lipinski definition) is 2. The fourth-order valence-corrected chi connectivity index (χ4v) is 0.309. The molecule has 3 N–H and O–H groups in total. The van der Waals surface area contributed by atoms with Gasteiger partial charge in [-0.25, -0.2) is 4.79 Å². The van der Waals surface area contributed by atoms with Crippen molar-refractivity contribution in [1.29, 1.82) is 0 Å². The van der Waals surface area contributed by atoms with Gasteiger partial charge in [0.1, 0.15) is 5.60 Å². The second kappa shape index (κ2) is 4.11. The molecule has 0 aliphatic carbocycles. The Morgan fingerprint density at radius 2 is 2.00 bits per heavy atom. The lowest BCUT2D eigenvalue weighted by molar-refractivity contribution is 0.00185. The van der Waals surface area contributed by atoms with Crippen LogP contribution in [0.1, 0.15) is 27.2 Å². The average Bonchev–Trinajstić information content (AvgIpc) is 1.63. The summed E-state index contributed by atoms with van der Waals surface area (Å²) in [6.45, 7) is 5.35. The topological polar surface area (TPSA) is 78.0 Å². The molecule has 4 nitrogen and oxygen atoms in total. The zero-order chi connectivity index (χ0) is 7.49. The molecular weight excluding hydrogens is 136 g/mol. The van der Waals surface area contributed by atoms with E-state index in [1.54, 1.807) is 13.8 Å². The van der Waals surface area contributed by atoms with Crippen LogP contribution in [0.4, 0.5) is 4.79 Å². The Kier molecular flexibility index (Phi) is 4.92. The minimum atomic E-state index is -1.21. The van der Waals surface area contributed by atoms with Gasteiger partial charge in [-0.2, -0.15) is 0 Å². The summed E-state index contributed by atoms with van der Waals surface area (Å²) < 4.78 is 4.50. The Bertz CT molecular complexity index is 108. The highest BCUT2D eigenvalue weighted by Crippen LogP contribution is 2.12. The SMILES string of the molecule is CCC(C)(C)OC(=O)O.O. The van der Waals surface area contributed by atoms with Crippen LogP contribution in [0.2, 0.25) is 0 Å². The smallest absolute Gasteiger partial charge is 0.450 e. The van der Waals surface area contributed by atoms with Gasteiger partial charge in [-0.15, -0.1) is 0 Å². The molecule has 62 valence electrons. The third kappa shape index (κ3) is 5.37. The van der Waals surface area contributed by atoms with Crippen molar-refractivity contribution in [2.75, 3.05) is 0 Å². The van der Waals surface area contributed by atoms with E-state index in [9.17, 15) is 4.79 Å². The molecule has 0 saturated carbocycles. The summed E-state index contributed by atoms with van der Waals surface area (Å²) in [6.07, 6.45) is -0.513. The third-order valence-corrected chi connectivity index (χ3v) is 1.22. The van der Waals surface area contributed by atoms with Crippen molar-refractivity contribution in [2.45, 2.75) is 32.8 Å². The lowest BCUT2D eigenvalue weighted by atomic mass is 10.1. The Morgan fingerprint density at radius 1 is 1.60 bits per heavy atom. The molecular formula is C6H14O4. The van der Waals surface area contributed by atoms with Crippen LogP contribution in [0, 0.1) is 0 Å². The van der Waals surface area contributed by atoms with Crippen LogP contribution < -0.4 is 0 Å². The van der Waals surface area contributed by atoms with Crippen LogP contribution in [0.15, 0.2) is 0 Å². The molecule has 4 heteroatoms. The molecule has 0 aliphatic rings. The second-order valence-electron chi connectivity index (χ2n) is 2.48. The van der Waals surface area contributed by atoms with Crippen LogP contribution in [0.3, 0.4) is 0 Å². The Hall–Kier alpha value is -0.770. The summed E-state index contributed by atoms with van der Waals surface area (Å²) in [5.74, 6) is 0. The molecule has 0 saturated heterocycles. The van der Waals surface area contributed by atoms with Crippen LogP contribution in [-0.4, -0.2) is 22.3 Å². The molecule has 0 atom stereocenters. The van der Waals surface area contributed by atoms with Crippen molar-refractivity contribution in [3.05, 3.63) is 0 Å². The highest BCUT2D eigenvalue weighted by atomic mass is 16.7. The van der Waals surface area contributed by atoms with Gasteiger partial charge in [0.15, 0.2) is 0 Å². The van der Waals surface area contributed by atoms with Crippen LogP contribution in [0.5, 0.6) is 0 Å². The first-order valence-corrected chi connectivity index (χ1v) is 2.90. The molecule has 0 bridgehead atoms. The number of rotatable bonds is 2. The van der Waals surface area contributed by atoms with Crippen molar-refractivity contribution in [2.24, 2.45) is 0 Å². The van der Waals surface area contributed by atoms with Crippen molar-refractivity contribution in [3.8, 4) is 0 Å².